The molecule has 68 valence electrons. The second-order valence-electron chi connectivity index (χ2n) is 2.82. The summed E-state index contributed by atoms with van der Waals surface area (Å²) >= 11 is 3.41. The molecule has 0 saturated heterocycles. The smallest absolute Gasteiger partial charge is 0.161 e. The minimum absolute atomic E-state index is 0.790. The molecule has 0 N–H and O–H groups in total. The Bertz CT molecular complexity index is 450. The van der Waals surface area contributed by atoms with E-state index in [4.69, 9.17) is 4.74 Å². The van der Waals surface area contributed by atoms with E-state index in [1.165, 1.54) is 0 Å². The number of hydrogen-bond donors (Lipinski definition) is 0. The Morgan fingerprint density at radius 3 is 2.92 bits per heavy atom. The summed E-state index contributed by atoms with van der Waals surface area (Å²) in [5.41, 5.74) is 0.888. The van der Waals surface area contributed by atoms with Gasteiger partial charge in [-0.1, -0.05) is 0 Å². The number of ether oxygens (including phenoxy) is 1. The van der Waals surface area contributed by atoms with E-state index in [-0.39, 0.29) is 0 Å². The van der Waals surface area contributed by atoms with Crippen molar-refractivity contribution in [2.75, 3.05) is 7.11 Å². The molecule has 0 unspecified atom stereocenters. The van der Waals surface area contributed by atoms with E-state index in [0.29, 0.717) is 0 Å². The summed E-state index contributed by atoms with van der Waals surface area (Å²) in [6, 6.07) is 3.97. The molecule has 4 heteroatoms. The Morgan fingerprint density at radius 1 is 1.46 bits per heavy atom. The molecule has 2 aromatic rings. The average Bonchev–Trinajstić information content (AvgIpc) is 2.45. The van der Waals surface area contributed by atoms with Crippen molar-refractivity contribution in [1.82, 2.24) is 9.78 Å². The Labute approximate surface area is 84.4 Å². The zero-order valence-corrected chi connectivity index (χ0v) is 9.00. The highest BCUT2D eigenvalue weighted by Crippen LogP contribution is 2.31. The van der Waals surface area contributed by atoms with Crippen LogP contribution in [-0.4, -0.2) is 16.9 Å². The number of aryl methyl sites for hydroxylation is 1. The molecule has 2 rings (SSSR count). The number of nitrogens with zero attached hydrogens (tertiary/aromatic N) is 2. The van der Waals surface area contributed by atoms with E-state index in [9.17, 15) is 0 Å². The lowest BCUT2D eigenvalue weighted by Gasteiger charge is -2.02. The molecule has 0 radical (unpaired) electrons. The van der Waals surface area contributed by atoms with Crippen molar-refractivity contribution < 1.29 is 4.74 Å². The summed E-state index contributed by atoms with van der Waals surface area (Å²) in [5, 5.41) is 5.39. The number of aromatic nitrogens is 2. The van der Waals surface area contributed by atoms with Crippen molar-refractivity contribution >= 4 is 26.8 Å². The highest BCUT2D eigenvalue weighted by atomic mass is 79.9. The molecular formula is C9H9BrN2O. The molecule has 0 amide bonds. The van der Waals surface area contributed by atoms with E-state index in [1.54, 1.807) is 11.8 Å². The Morgan fingerprint density at radius 2 is 2.23 bits per heavy atom. The lowest BCUT2D eigenvalue weighted by atomic mass is 10.2. The zero-order valence-electron chi connectivity index (χ0n) is 7.41. The van der Waals surface area contributed by atoms with Crippen LogP contribution in [0.15, 0.2) is 22.8 Å². The summed E-state index contributed by atoms with van der Waals surface area (Å²) in [6.45, 7) is 0. The van der Waals surface area contributed by atoms with Crippen LogP contribution in [0.1, 0.15) is 0 Å². The Hall–Kier alpha value is -1.03. The maximum absolute atomic E-state index is 5.25. The second kappa shape index (κ2) is 3.03. The first-order chi connectivity index (χ1) is 6.22. The third-order valence-electron chi connectivity index (χ3n) is 1.90. The molecule has 0 fully saturated rings. The molecule has 0 aliphatic carbocycles. The summed E-state index contributed by atoms with van der Waals surface area (Å²) in [6.07, 6.45) is 1.96. The van der Waals surface area contributed by atoms with Gasteiger partial charge in [-0.2, -0.15) is 5.10 Å². The molecule has 0 spiro atoms. The van der Waals surface area contributed by atoms with Crippen LogP contribution in [0.25, 0.3) is 10.9 Å². The molecule has 1 heterocycles. The van der Waals surface area contributed by atoms with E-state index < -0.39 is 0 Å². The van der Waals surface area contributed by atoms with Gasteiger partial charge in [-0.15, -0.1) is 0 Å². The molecule has 1 aromatic carbocycles. The third-order valence-corrected chi connectivity index (χ3v) is 2.53. The molecule has 1 aromatic heterocycles. The van der Waals surface area contributed by atoms with Crippen molar-refractivity contribution in [3.05, 3.63) is 22.8 Å². The lowest BCUT2D eigenvalue weighted by molar-refractivity contribution is 0.416. The predicted octanol–water partition coefficient (Wildman–Crippen LogP) is 2.34. The first-order valence-corrected chi connectivity index (χ1v) is 4.67. The van der Waals surface area contributed by atoms with Gasteiger partial charge < -0.3 is 4.74 Å². The summed E-state index contributed by atoms with van der Waals surface area (Å²) < 4.78 is 7.96. The fourth-order valence-electron chi connectivity index (χ4n) is 1.35. The van der Waals surface area contributed by atoms with Crippen LogP contribution in [0.5, 0.6) is 5.75 Å². The maximum Gasteiger partial charge on any atom is 0.161 e. The van der Waals surface area contributed by atoms with Gasteiger partial charge in [-0.25, -0.2) is 0 Å². The molecule has 3 nitrogen and oxygen atoms in total. The minimum atomic E-state index is 0.790. The molecule has 0 aliphatic rings. The lowest BCUT2D eigenvalue weighted by Crippen LogP contribution is -1.88. The van der Waals surface area contributed by atoms with Gasteiger partial charge >= 0.3 is 0 Å². The summed E-state index contributed by atoms with van der Waals surface area (Å²) in [5.74, 6) is 0.790. The van der Waals surface area contributed by atoms with Gasteiger partial charge in [0.1, 0.15) is 5.52 Å². The number of benzene rings is 1. The van der Waals surface area contributed by atoms with Crippen molar-refractivity contribution in [3.63, 3.8) is 0 Å². The van der Waals surface area contributed by atoms with Crippen LogP contribution in [-0.2, 0) is 7.05 Å². The van der Waals surface area contributed by atoms with Gasteiger partial charge in [0.05, 0.1) is 11.6 Å². The number of rotatable bonds is 1. The SMILES string of the molecule is COc1c(Br)ccc2cn(C)nc12. The van der Waals surface area contributed by atoms with Crippen LogP contribution in [0.4, 0.5) is 0 Å². The highest BCUT2D eigenvalue weighted by Gasteiger charge is 2.08. The number of hydrogen-bond acceptors (Lipinski definition) is 2. The predicted molar refractivity (Wildman–Crippen MR) is 55.0 cm³/mol. The van der Waals surface area contributed by atoms with Gasteiger partial charge in [0.2, 0.25) is 0 Å². The quantitative estimate of drug-likeness (QED) is 0.766. The topological polar surface area (TPSA) is 27.1 Å². The van der Waals surface area contributed by atoms with Crippen LogP contribution in [0, 0.1) is 0 Å². The average molecular weight is 241 g/mol. The largest absolute Gasteiger partial charge is 0.493 e. The number of halogens is 1. The normalized spacial score (nSPS) is 10.7. The van der Waals surface area contributed by atoms with Gasteiger partial charge in [-0.3, -0.25) is 4.68 Å². The fraction of sp³-hybridized carbons (Fsp3) is 0.222. The summed E-state index contributed by atoms with van der Waals surface area (Å²) in [4.78, 5) is 0. The van der Waals surface area contributed by atoms with Crippen molar-refractivity contribution in [1.29, 1.82) is 0 Å². The van der Waals surface area contributed by atoms with Crippen LogP contribution < -0.4 is 4.74 Å². The van der Waals surface area contributed by atoms with E-state index in [0.717, 1.165) is 21.1 Å². The van der Waals surface area contributed by atoms with Crippen LogP contribution in [0.2, 0.25) is 0 Å². The zero-order chi connectivity index (χ0) is 9.42. The van der Waals surface area contributed by atoms with E-state index >= 15 is 0 Å². The Balaban J connectivity index is 2.82. The number of fused-ring (bicyclic) bond motifs is 1. The van der Waals surface area contributed by atoms with E-state index in [1.807, 2.05) is 25.4 Å². The molecule has 0 aliphatic heterocycles. The fourth-order valence-corrected chi connectivity index (χ4v) is 1.83. The molecule has 13 heavy (non-hydrogen) atoms. The second-order valence-corrected chi connectivity index (χ2v) is 3.68. The minimum Gasteiger partial charge on any atom is -0.493 e. The van der Waals surface area contributed by atoms with Crippen molar-refractivity contribution in [3.8, 4) is 5.75 Å². The highest BCUT2D eigenvalue weighted by molar-refractivity contribution is 9.10. The number of methoxy groups -OCH3 is 1. The molecule has 0 atom stereocenters. The van der Waals surface area contributed by atoms with Gasteiger partial charge in [0.15, 0.2) is 5.75 Å². The van der Waals surface area contributed by atoms with Crippen molar-refractivity contribution in [2.45, 2.75) is 0 Å². The molecule has 0 saturated carbocycles. The van der Waals surface area contributed by atoms with Gasteiger partial charge in [0.25, 0.3) is 0 Å². The molecular weight excluding hydrogens is 232 g/mol. The van der Waals surface area contributed by atoms with Crippen molar-refractivity contribution in [2.24, 2.45) is 7.05 Å². The maximum atomic E-state index is 5.25. The van der Waals surface area contributed by atoms with Gasteiger partial charge in [-0.05, 0) is 28.1 Å². The van der Waals surface area contributed by atoms with Crippen LogP contribution in [0.3, 0.4) is 0 Å². The standard InChI is InChI=1S/C9H9BrN2O/c1-12-5-6-3-4-7(10)9(13-2)8(6)11-12/h3-5H,1-2H3. The van der Waals surface area contributed by atoms with Crippen LogP contribution >= 0.6 is 15.9 Å². The van der Waals surface area contributed by atoms with Gasteiger partial charge in [0, 0.05) is 18.6 Å². The monoisotopic (exact) mass is 240 g/mol. The van der Waals surface area contributed by atoms with E-state index in [2.05, 4.69) is 21.0 Å². The Kier molecular flexibility index (Phi) is 2.00. The first-order valence-electron chi connectivity index (χ1n) is 3.88. The first kappa shape index (κ1) is 8.56. The summed E-state index contributed by atoms with van der Waals surface area (Å²) in [7, 11) is 3.54. The third kappa shape index (κ3) is 1.31. The molecule has 0 bridgehead atoms.